The van der Waals surface area contributed by atoms with Gasteiger partial charge in [-0.05, 0) is 31.4 Å². The van der Waals surface area contributed by atoms with Gasteiger partial charge in [-0.1, -0.05) is 0 Å². The van der Waals surface area contributed by atoms with Gasteiger partial charge in [-0.3, -0.25) is 0 Å². The first-order chi connectivity index (χ1) is 5.43. The summed E-state index contributed by atoms with van der Waals surface area (Å²) >= 11 is 1.92. The third-order valence-corrected chi connectivity index (χ3v) is 2.64. The normalized spacial score (nSPS) is 24.3. The molecule has 0 spiro atoms. The maximum absolute atomic E-state index is 4.30. The number of hydrogen-bond donors (Lipinski definition) is 1. The van der Waals surface area contributed by atoms with Crippen LogP contribution in [0.15, 0.2) is 0 Å². The predicted octanol–water partition coefficient (Wildman–Crippen LogP) is 0.706. The Morgan fingerprint density at radius 3 is 3.18 bits per heavy atom. The summed E-state index contributed by atoms with van der Waals surface area (Å²) in [6.45, 7) is 3.28. The molecule has 0 aromatic heterocycles. The summed E-state index contributed by atoms with van der Waals surface area (Å²) in [7, 11) is 0. The van der Waals surface area contributed by atoms with E-state index in [0.717, 1.165) is 13.1 Å². The van der Waals surface area contributed by atoms with Gasteiger partial charge in [-0.25, -0.2) is 5.32 Å². The van der Waals surface area contributed by atoms with Gasteiger partial charge in [0.1, 0.15) is 0 Å². The smallest absolute Gasteiger partial charge is 0.0288 e. The Morgan fingerprint density at radius 1 is 1.64 bits per heavy atom. The first-order valence-corrected chi connectivity index (χ1v) is 5.68. The van der Waals surface area contributed by atoms with Crippen molar-refractivity contribution in [2.24, 2.45) is 0 Å². The Labute approximate surface area is 73.5 Å². The van der Waals surface area contributed by atoms with Gasteiger partial charge < -0.3 is 5.32 Å². The van der Waals surface area contributed by atoms with Crippen LogP contribution < -0.4 is 10.6 Å². The van der Waals surface area contributed by atoms with Crippen LogP contribution in [0, 0.1) is 0 Å². The fourth-order valence-corrected chi connectivity index (χ4v) is 1.71. The minimum Gasteiger partial charge on any atom is -0.313 e. The zero-order chi connectivity index (χ0) is 7.94. The van der Waals surface area contributed by atoms with Crippen molar-refractivity contribution in [1.82, 2.24) is 10.6 Å². The summed E-state index contributed by atoms with van der Waals surface area (Å²) in [6, 6.07) is 0.692. The highest BCUT2D eigenvalue weighted by Crippen LogP contribution is 1.99. The summed E-state index contributed by atoms with van der Waals surface area (Å²) in [5.74, 6) is 1.27. The molecule has 1 radical (unpaired) electrons. The highest BCUT2D eigenvalue weighted by Gasteiger charge is 2.13. The Morgan fingerprint density at radius 2 is 2.55 bits per heavy atom. The molecule has 2 nitrogen and oxygen atoms in total. The maximum Gasteiger partial charge on any atom is 0.0288 e. The van der Waals surface area contributed by atoms with E-state index in [1.807, 2.05) is 11.8 Å². The molecule has 1 rings (SSSR count). The summed E-state index contributed by atoms with van der Waals surface area (Å²) in [6.07, 6.45) is 4.70. The minimum absolute atomic E-state index is 0.692. The van der Waals surface area contributed by atoms with Crippen LogP contribution in [0.4, 0.5) is 0 Å². The SMILES string of the molecule is CSCCCNC1CC[N]C1. The molecule has 1 saturated heterocycles. The Kier molecular flexibility index (Phi) is 4.99. The Bertz CT molecular complexity index is 92.1. The largest absolute Gasteiger partial charge is 0.313 e. The van der Waals surface area contributed by atoms with Gasteiger partial charge in [0.2, 0.25) is 0 Å². The van der Waals surface area contributed by atoms with Crippen molar-refractivity contribution in [2.45, 2.75) is 18.9 Å². The summed E-state index contributed by atoms with van der Waals surface area (Å²) in [4.78, 5) is 0. The number of nitrogens with zero attached hydrogens (tertiary/aromatic N) is 1. The van der Waals surface area contributed by atoms with Gasteiger partial charge in [0.25, 0.3) is 0 Å². The van der Waals surface area contributed by atoms with Crippen molar-refractivity contribution in [2.75, 3.05) is 31.6 Å². The summed E-state index contributed by atoms with van der Waals surface area (Å²) in [5.41, 5.74) is 0. The summed E-state index contributed by atoms with van der Waals surface area (Å²) < 4.78 is 0. The van der Waals surface area contributed by atoms with Gasteiger partial charge in [-0.2, -0.15) is 11.8 Å². The van der Waals surface area contributed by atoms with Gasteiger partial charge >= 0.3 is 0 Å². The number of hydrogen-bond acceptors (Lipinski definition) is 2. The Hall–Kier alpha value is 0.270. The van der Waals surface area contributed by atoms with Crippen LogP contribution >= 0.6 is 11.8 Å². The lowest BCUT2D eigenvalue weighted by Gasteiger charge is -2.09. The van der Waals surface area contributed by atoms with Gasteiger partial charge in [0.15, 0.2) is 0 Å². The average molecular weight is 173 g/mol. The first kappa shape index (κ1) is 9.36. The second kappa shape index (κ2) is 5.86. The minimum atomic E-state index is 0.692. The van der Waals surface area contributed by atoms with Crippen LogP contribution in [-0.2, 0) is 0 Å². The van der Waals surface area contributed by atoms with Crippen LogP contribution in [0.5, 0.6) is 0 Å². The topological polar surface area (TPSA) is 26.1 Å². The second-order valence-corrected chi connectivity index (χ2v) is 3.90. The van der Waals surface area contributed by atoms with E-state index in [1.165, 1.54) is 25.1 Å². The first-order valence-electron chi connectivity index (χ1n) is 4.29. The van der Waals surface area contributed by atoms with Crippen molar-refractivity contribution in [3.05, 3.63) is 0 Å². The molecular weight excluding hydrogens is 156 g/mol. The molecule has 0 aliphatic carbocycles. The molecule has 1 aliphatic rings. The fraction of sp³-hybridized carbons (Fsp3) is 1.00. The summed E-state index contributed by atoms with van der Waals surface area (Å²) in [5, 5.41) is 7.81. The zero-order valence-corrected chi connectivity index (χ0v) is 7.99. The van der Waals surface area contributed by atoms with Crippen molar-refractivity contribution in [3.8, 4) is 0 Å². The van der Waals surface area contributed by atoms with Gasteiger partial charge in [-0.15, -0.1) is 0 Å². The lowest BCUT2D eigenvalue weighted by Crippen LogP contribution is -2.30. The predicted molar refractivity (Wildman–Crippen MR) is 51.3 cm³/mol. The number of rotatable bonds is 5. The molecule has 0 aromatic carbocycles. The molecule has 1 heterocycles. The van der Waals surface area contributed by atoms with Crippen LogP contribution in [0.25, 0.3) is 0 Å². The molecule has 11 heavy (non-hydrogen) atoms. The van der Waals surface area contributed by atoms with Gasteiger partial charge in [0.05, 0.1) is 0 Å². The molecule has 1 fully saturated rings. The van der Waals surface area contributed by atoms with Crippen molar-refractivity contribution in [1.29, 1.82) is 0 Å². The molecule has 3 heteroatoms. The standard InChI is InChI=1S/C8H17N2S/c1-11-6-2-4-10-8-3-5-9-7-8/h8,10H,2-7H2,1H3. The molecule has 0 saturated carbocycles. The van der Waals surface area contributed by atoms with Crippen molar-refractivity contribution >= 4 is 11.8 Å². The van der Waals surface area contributed by atoms with E-state index in [2.05, 4.69) is 16.9 Å². The third kappa shape index (κ3) is 3.99. The molecular formula is C8H17N2S. The van der Waals surface area contributed by atoms with E-state index in [4.69, 9.17) is 0 Å². The lowest BCUT2D eigenvalue weighted by molar-refractivity contribution is 0.546. The third-order valence-electron chi connectivity index (χ3n) is 1.94. The highest BCUT2D eigenvalue weighted by atomic mass is 32.2. The molecule has 65 valence electrons. The van der Waals surface area contributed by atoms with E-state index >= 15 is 0 Å². The average Bonchev–Trinajstić information content (AvgIpc) is 2.50. The number of nitrogens with one attached hydrogen (secondary N) is 1. The van der Waals surface area contributed by atoms with E-state index in [-0.39, 0.29) is 0 Å². The highest BCUT2D eigenvalue weighted by molar-refractivity contribution is 7.98. The monoisotopic (exact) mass is 173 g/mol. The Balaban J connectivity index is 1.86. The second-order valence-electron chi connectivity index (χ2n) is 2.92. The zero-order valence-electron chi connectivity index (χ0n) is 7.18. The lowest BCUT2D eigenvalue weighted by atomic mass is 10.2. The van der Waals surface area contributed by atoms with Gasteiger partial charge in [0, 0.05) is 19.1 Å². The van der Waals surface area contributed by atoms with E-state index < -0.39 is 0 Å². The van der Waals surface area contributed by atoms with Crippen molar-refractivity contribution in [3.63, 3.8) is 0 Å². The molecule has 1 aliphatic heterocycles. The number of thioether (sulfide) groups is 1. The van der Waals surface area contributed by atoms with Crippen LogP contribution in [0.1, 0.15) is 12.8 Å². The van der Waals surface area contributed by atoms with Crippen LogP contribution in [0.2, 0.25) is 0 Å². The molecule has 1 atom stereocenters. The maximum atomic E-state index is 4.30. The molecule has 0 bridgehead atoms. The van der Waals surface area contributed by atoms with Crippen molar-refractivity contribution < 1.29 is 0 Å². The molecule has 0 aromatic rings. The fourth-order valence-electron chi connectivity index (χ4n) is 1.27. The van der Waals surface area contributed by atoms with Crippen LogP contribution in [-0.4, -0.2) is 37.7 Å². The van der Waals surface area contributed by atoms with E-state index in [0.29, 0.717) is 6.04 Å². The molecule has 0 amide bonds. The van der Waals surface area contributed by atoms with Crippen LogP contribution in [0.3, 0.4) is 0 Å². The quantitative estimate of drug-likeness (QED) is 0.620. The molecule has 1 unspecified atom stereocenters. The molecule has 1 N–H and O–H groups in total. The van der Waals surface area contributed by atoms with E-state index in [1.54, 1.807) is 0 Å². The van der Waals surface area contributed by atoms with E-state index in [9.17, 15) is 0 Å².